The van der Waals surface area contributed by atoms with Crippen LogP contribution in [-0.4, -0.2) is 22.2 Å². The van der Waals surface area contributed by atoms with Gasteiger partial charge in [0.2, 0.25) is 0 Å². The minimum atomic E-state index is -0.833. The van der Waals surface area contributed by atoms with E-state index in [9.17, 15) is 9.90 Å². The molecule has 2 amide bonds. The number of phenols is 1. The topological polar surface area (TPSA) is 98.7 Å². The first-order chi connectivity index (χ1) is 10.4. The molecule has 0 atom stereocenters. The number of carboxylic acid groups (broad SMARTS) is 1. The molecule has 6 nitrogen and oxygen atoms in total. The molecule has 0 bridgehead atoms. The third-order valence-electron chi connectivity index (χ3n) is 3.91. The smallest absolute Gasteiger partial charge is 0.319 e. The molecule has 1 aliphatic carbocycles. The van der Waals surface area contributed by atoms with Crippen LogP contribution < -0.4 is 10.6 Å². The lowest BCUT2D eigenvalue weighted by atomic mass is 9.74. The van der Waals surface area contributed by atoms with Crippen LogP contribution in [0.4, 0.5) is 10.5 Å². The molecule has 0 radical (unpaired) electrons. The molecule has 0 saturated heterocycles. The Hall–Kier alpha value is -1.95. The molecule has 1 fully saturated rings. The second-order valence-electron chi connectivity index (χ2n) is 5.56. The highest BCUT2D eigenvalue weighted by molar-refractivity contribution is 6.34. The van der Waals surface area contributed by atoms with Crippen LogP contribution in [0.3, 0.4) is 0 Å². The van der Waals surface area contributed by atoms with Crippen molar-refractivity contribution in [2.75, 3.05) is 5.32 Å². The van der Waals surface area contributed by atoms with Gasteiger partial charge in [-0.25, -0.2) is 4.79 Å². The van der Waals surface area contributed by atoms with Crippen molar-refractivity contribution in [2.24, 2.45) is 0 Å². The lowest BCUT2D eigenvalue weighted by Crippen LogP contribution is -2.52. The number of halogens is 1. The highest BCUT2D eigenvalue weighted by atomic mass is 35.5. The molecule has 1 aromatic carbocycles. The second-order valence-corrected chi connectivity index (χ2v) is 5.96. The summed E-state index contributed by atoms with van der Waals surface area (Å²) in [6, 6.07) is 2.96. The summed E-state index contributed by atoms with van der Waals surface area (Å²) in [7, 11) is 0. The van der Waals surface area contributed by atoms with Crippen molar-refractivity contribution in [1.82, 2.24) is 5.32 Å². The van der Waals surface area contributed by atoms with E-state index in [1.165, 1.54) is 6.42 Å². The molecule has 120 valence electrons. The minimum absolute atomic E-state index is 0.198. The number of rotatable bonds is 0. The molecule has 1 aliphatic heterocycles. The fourth-order valence-electron chi connectivity index (χ4n) is 3.13. The number of phenolic OH excluding ortho intramolecular Hbond substituents is 1. The number of aromatic hydroxyl groups is 1. The molecule has 22 heavy (non-hydrogen) atoms. The number of amides is 2. The van der Waals surface area contributed by atoms with Crippen molar-refractivity contribution in [1.29, 1.82) is 0 Å². The summed E-state index contributed by atoms with van der Waals surface area (Å²) in [6.07, 6.45) is 4.96. The molecule has 4 N–H and O–H groups in total. The fraction of sp³-hybridized carbons (Fsp3) is 0.467. The van der Waals surface area contributed by atoms with E-state index in [0.29, 0.717) is 10.7 Å². The molecule has 1 spiro atoms. The lowest BCUT2D eigenvalue weighted by molar-refractivity contribution is -0.134. The van der Waals surface area contributed by atoms with Gasteiger partial charge in [0.05, 0.1) is 16.2 Å². The molecule has 1 heterocycles. The quantitative estimate of drug-likeness (QED) is 0.587. The molecule has 0 aromatic heterocycles. The standard InChI is InChI=1S/C13H15ClN2O2.C2H4O2/c14-8-4-5-9(17)10-11(8)15-12(18)16-13(10)6-2-1-3-7-13;1-2(3)4/h4-5,17H,1-3,6-7H2,(H2,15,16,18);1H3,(H,3,4). The Morgan fingerprint density at radius 1 is 1.27 bits per heavy atom. The first kappa shape index (κ1) is 16.4. The summed E-state index contributed by atoms with van der Waals surface area (Å²) in [5, 5.41) is 23.7. The van der Waals surface area contributed by atoms with Gasteiger partial charge >= 0.3 is 6.03 Å². The van der Waals surface area contributed by atoms with Gasteiger partial charge in [0.15, 0.2) is 0 Å². The Kier molecular flexibility index (Phi) is 4.81. The summed E-state index contributed by atoms with van der Waals surface area (Å²) < 4.78 is 0. The summed E-state index contributed by atoms with van der Waals surface area (Å²) >= 11 is 6.13. The Morgan fingerprint density at radius 3 is 2.45 bits per heavy atom. The van der Waals surface area contributed by atoms with Gasteiger partial charge in [0.1, 0.15) is 5.75 Å². The van der Waals surface area contributed by atoms with Crippen molar-refractivity contribution in [3.8, 4) is 5.75 Å². The molecule has 2 aliphatic rings. The van der Waals surface area contributed by atoms with E-state index in [2.05, 4.69) is 10.6 Å². The number of carboxylic acids is 1. The third-order valence-corrected chi connectivity index (χ3v) is 4.22. The van der Waals surface area contributed by atoms with Gasteiger partial charge in [-0.05, 0) is 25.0 Å². The normalized spacial score (nSPS) is 18.4. The van der Waals surface area contributed by atoms with E-state index in [0.717, 1.165) is 38.2 Å². The monoisotopic (exact) mass is 326 g/mol. The third kappa shape index (κ3) is 3.27. The number of fused-ring (bicyclic) bond motifs is 2. The summed E-state index contributed by atoms with van der Waals surface area (Å²) in [6.45, 7) is 1.08. The van der Waals surface area contributed by atoms with Crippen LogP contribution in [0.15, 0.2) is 12.1 Å². The van der Waals surface area contributed by atoms with Crippen LogP contribution in [-0.2, 0) is 10.3 Å². The van der Waals surface area contributed by atoms with E-state index in [4.69, 9.17) is 21.5 Å². The van der Waals surface area contributed by atoms with E-state index in [1.54, 1.807) is 12.1 Å². The van der Waals surface area contributed by atoms with E-state index in [-0.39, 0.29) is 11.8 Å². The zero-order valence-corrected chi connectivity index (χ0v) is 13.0. The fourth-order valence-corrected chi connectivity index (χ4v) is 3.33. The molecule has 1 saturated carbocycles. The number of hydrogen-bond acceptors (Lipinski definition) is 3. The predicted molar refractivity (Wildman–Crippen MR) is 83.3 cm³/mol. The van der Waals surface area contributed by atoms with Crippen LogP contribution in [0.25, 0.3) is 0 Å². The van der Waals surface area contributed by atoms with E-state index >= 15 is 0 Å². The number of aliphatic carboxylic acids is 1. The van der Waals surface area contributed by atoms with Crippen LogP contribution in [0, 0.1) is 0 Å². The zero-order valence-electron chi connectivity index (χ0n) is 12.3. The first-order valence-corrected chi connectivity index (χ1v) is 7.54. The van der Waals surface area contributed by atoms with Crippen molar-refractivity contribution in [2.45, 2.75) is 44.6 Å². The lowest BCUT2D eigenvalue weighted by Gasteiger charge is -2.43. The number of nitrogens with one attached hydrogen (secondary N) is 2. The molecular formula is C15H19ClN2O4. The average molecular weight is 327 g/mol. The van der Waals surface area contributed by atoms with Gasteiger partial charge in [0, 0.05) is 12.5 Å². The van der Waals surface area contributed by atoms with Gasteiger partial charge in [-0.2, -0.15) is 0 Å². The minimum Gasteiger partial charge on any atom is -0.507 e. The molecular weight excluding hydrogens is 308 g/mol. The maximum atomic E-state index is 11.8. The number of benzene rings is 1. The molecule has 7 heteroatoms. The molecule has 1 aromatic rings. The van der Waals surface area contributed by atoms with Crippen molar-refractivity contribution < 1.29 is 19.8 Å². The molecule has 0 unspecified atom stereocenters. The zero-order chi connectivity index (χ0) is 16.3. The Morgan fingerprint density at radius 2 is 1.86 bits per heavy atom. The highest BCUT2D eigenvalue weighted by Gasteiger charge is 2.43. The number of urea groups is 1. The maximum absolute atomic E-state index is 11.8. The van der Waals surface area contributed by atoms with Crippen molar-refractivity contribution >= 4 is 29.3 Å². The second kappa shape index (κ2) is 6.44. The number of anilines is 1. The van der Waals surface area contributed by atoms with Gasteiger partial charge < -0.3 is 20.8 Å². The van der Waals surface area contributed by atoms with Crippen LogP contribution in [0.1, 0.15) is 44.6 Å². The van der Waals surface area contributed by atoms with Gasteiger partial charge in [0.25, 0.3) is 5.97 Å². The van der Waals surface area contributed by atoms with Gasteiger partial charge in [-0.1, -0.05) is 30.9 Å². The largest absolute Gasteiger partial charge is 0.507 e. The summed E-state index contributed by atoms with van der Waals surface area (Å²) in [4.78, 5) is 20.8. The van der Waals surface area contributed by atoms with E-state index in [1.807, 2.05) is 0 Å². The van der Waals surface area contributed by atoms with Crippen molar-refractivity contribution in [3.05, 3.63) is 22.7 Å². The van der Waals surface area contributed by atoms with E-state index < -0.39 is 11.5 Å². The Bertz CT molecular complexity index is 593. The van der Waals surface area contributed by atoms with Gasteiger partial charge in [-0.15, -0.1) is 0 Å². The van der Waals surface area contributed by atoms with Gasteiger partial charge in [-0.3, -0.25) is 4.79 Å². The SMILES string of the molecule is CC(=O)O.O=C1Nc2c(Cl)ccc(O)c2C2(CCCCC2)N1. The Labute approximate surface area is 133 Å². The number of carbonyl (C=O) groups is 2. The summed E-state index contributed by atoms with van der Waals surface area (Å²) in [5.41, 5.74) is 0.849. The number of hydrogen-bond donors (Lipinski definition) is 4. The summed E-state index contributed by atoms with van der Waals surface area (Å²) in [5.74, 6) is -0.635. The Balaban J connectivity index is 0.000000396. The molecule has 3 rings (SSSR count). The first-order valence-electron chi connectivity index (χ1n) is 7.16. The highest BCUT2D eigenvalue weighted by Crippen LogP contribution is 2.48. The predicted octanol–water partition coefficient (Wildman–Crippen LogP) is 3.43. The van der Waals surface area contributed by atoms with Crippen molar-refractivity contribution in [3.63, 3.8) is 0 Å². The maximum Gasteiger partial charge on any atom is 0.319 e. The average Bonchev–Trinajstić information content (AvgIpc) is 2.42. The van der Waals surface area contributed by atoms with Crippen LogP contribution in [0.5, 0.6) is 5.75 Å². The van der Waals surface area contributed by atoms with Crippen LogP contribution >= 0.6 is 11.6 Å². The number of carbonyl (C=O) groups excluding carboxylic acids is 1. The van der Waals surface area contributed by atoms with Crippen LogP contribution in [0.2, 0.25) is 5.02 Å².